The number of rotatable bonds is 3. The van der Waals surface area contributed by atoms with Gasteiger partial charge >= 0.3 is 0 Å². The molecule has 134 valence electrons. The van der Waals surface area contributed by atoms with Crippen LogP contribution >= 0.6 is 0 Å². The van der Waals surface area contributed by atoms with E-state index in [1.165, 1.54) is 14.2 Å². The molecule has 0 fully saturated rings. The number of nitrogens with zero attached hydrogens (tertiary/aromatic N) is 1. The van der Waals surface area contributed by atoms with Crippen molar-refractivity contribution >= 4 is 17.5 Å². The van der Waals surface area contributed by atoms with Gasteiger partial charge < -0.3 is 14.8 Å². The largest absolute Gasteiger partial charge is 0.493 e. The van der Waals surface area contributed by atoms with Crippen molar-refractivity contribution in [2.75, 3.05) is 14.2 Å². The van der Waals surface area contributed by atoms with E-state index < -0.39 is 5.91 Å². The molecule has 1 heterocycles. The maximum absolute atomic E-state index is 12.6. The number of aliphatic imine (C=N–C) groups is 1. The molecule has 1 aliphatic carbocycles. The molecule has 1 N–H and O–H groups in total. The molecule has 0 saturated heterocycles. The molecule has 6 heteroatoms. The number of hydrogen-bond donors (Lipinski definition) is 1. The summed E-state index contributed by atoms with van der Waals surface area (Å²) in [5.74, 6) is 0.247. The summed E-state index contributed by atoms with van der Waals surface area (Å²) in [4.78, 5) is 28.8. The Labute approximate surface area is 151 Å². The van der Waals surface area contributed by atoms with E-state index in [9.17, 15) is 9.59 Å². The number of methoxy groups -OCH3 is 2. The average molecular weight is 352 g/mol. The normalized spacial score (nSPS) is 20.5. The lowest BCUT2D eigenvalue weighted by Crippen LogP contribution is -2.35. The minimum atomic E-state index is -0.443. The predicted molar refractivity (Wildman–Crippen MR) is 98.5 cm³/mol. The van der Waals surface area contributed by atoms with Crippen LogP contribution in [0.15, 0.2) is 58.3 Å². The fraction of sp³-hybridized carbons (Fsp3) is 0.250. The monoisotopic (exact) mass is 352 g/mol. The molecule has 2 amide bonds. The SMILES string of the molecule is COc1cccc(C(=O)N=C2C=CC3C(=C2)NC(=O)C(C)=C3C)c1OC. The van der Waals surface area contributed by atoms with E-state index in [-0.39, 0.29) is 11.8 Å². The van der Waals surface area contributed by atoms with Crippen LogP contribution in [0.5, 0.6) is 11.5 Å². The van der Waals surface area contributed by atoms with Gasteiger partial charge in [-0.05, 0) is 38.1 Å². The van der Waals surface area contributed by atoms with Gasteiger partial charge in [0.05, 0.1) is 25.5 Å². The second-order valence-electron chi connectivity index (χ2n) is 6.08. The molecule has 1 aliphatic heterocycles. The van der Waals surface area contributed by atoms with Gasteiger partial charge in [-0.25, -0.2) is 4.99 Å². The third kappa shape index (κ3) is 3.06. The Morgan fingerprint density at radius 2 is 1.96 bits per heavy atom. The Kier molecular flexibility index (Phi) is 4.75. The van der Waals surface area contributed by atoms with Gasteiger partial charge in [-0.2, -0.15) is 0 Å². The van der Waals surface area contributed by atoms with E-state index in [1.807, 2.05) is 13.0 Å². The molecule has 1 aromatic rings. The molecule has 0 bridgehead atoms. The summed E-state index contributed by atoms with van der Waals surface area (Å²) in [6.07, 6.45) is 5.44. The van der Waals surface area contributed by atoms with Crippen molar-refractivity contribution in [2.45, 2.75) is 13.8 Å². The molecular weight excluding hydrogens is 332 g/mol. The maximum atomic E-state index is 12.6. The summed E-state index contributed by atoms with van der Waals surface area (Å²) < 4.78 is 10.5. The maximum Gasteiger partial charge on any atom is 0.281 e. The number of allylic oxidation sites excluding steroid dienone is 3. The first kappa shape index (κ1) is 17.7. The molecule has 3 rings (SSSR count). The fourth-order valence-electron chi connectivity index (χ4n) is 3.03. The van der Waals surface area contributed by atoms with E-state index in [0.29, 0.717) is 22.8 Å². The van der Waals surface area contributed by atoms with Gasteiger partial charge in [-0.15, -0.1) is 0 Å². The summed E-state index contributed by atoms with van der Waals surface area (Å²) in [6, 6.07) is 5.05. The molecule has 6 nitrogen and oxygen atoms in total. The lowest BCUT2D eigenvalue weighted by molar-refractivity contribution is -0.117. The summed E-state index contributed by atoms with van der Waals surface area (Å²) in [7, 11) is 2.99. The number of carbonyl (C=O) groups excluding carboxylic acids is 2. The summed E-state index contributed by atoms with van der Waals surface area (Å²) in [5, 5.41) is 2.86. The van der Waals surface area contributed by atoms with Crippen LogP contribution in [0.3, 0.4) is 0 Å². The molecule has 2 aliphatic rings. The highest BCUT2D eigenvalue weighted by atomic mass is 16.5. The minimum Gasteiger partial charge on any atom is -0.493 e. The van der Waals surface area contributed by atoms with Gasteiger partial charge in [-0.3, -0.25) is 9.59 Å². The number of nitrogens with one attached hydrogen (secondary N) is 1. The molecule has 1 unspecified atom stereocenters. The Hall–Kier alpha value is -3.15. The molecule has 1 atom stereocenters. The van der Waals surface area contributed by atoms with E-state index in [1.54, 1.807) is 37.3 Å². The number of para-hydroxylation sites is 1. The number of benzene rings is 1. The number of amides is 2. The van der Waals surface area contributed by atoms with Crippen LogP contribution in [0, 0.1) is 5.92 Å². The molecule has 0 spiro atoms. The van der Waals surface area contributed by atoms with Gasteiger partial charge in [0.15, 0.2) is 11.5 Å². The Bertz CT molecular complexity index is 906. The topological polar surface area (TPSA) is 77.0 Å². The predicted octanol–water partition coefficient (Wildman–Crippen LogP) is 2.82. The van der Waals surface area contributed by atoms with Crippen molar-refractivity contribution in [3.63, 3.8) is 0 Å². The molecule has 1 aromatic carbocycles. The lowest BCUT2D eigenvalue weighted by Gasteiger charge is -2.28. The first-order valence-electron chi connectivity index (χ1n) is 8.18. The Morgan fingerprint density at radius 1 is 1.19 bits per heavy atom. The highest BCUT2D eigenvalue weighted by Gasteiger charge is 2.27. The van der Waals surface area contributed by atoms with Crippen LogP contribution < -0.4 is 14.8 Å². The lowest BCUT2D eigenvalue weighted by atomic mass is 9.85. The first-order valence-corrected chi connectivity index (χ1v) is 8.18. The molecule has 26 heavy (non-hydrogen) atoms. The highest BCUT2D eigenvalue weighted by Crippen LogP contribution is 2.32. The molecule has 0 radical (unpaired) electrons. The Morgan fingerprint density at radius 3 is 2.65 bits per heavy atom. The van der Waals surface area contributed by atoms with Crippen molar-refractivity contribution in [2.24, 2.45) is 10.9 Å². The van der Waals surface area contributed by atoms with Gasteiger partial charge in [0.25, 0.3) is 11.8 Å². The summed E-state index contributed by atoms with van der Waals surface area (Å²) >= 11 is 0. The van der Waals surface area contributed by atoms with E-state index in [2.05, 4.69) is 10.3 Å². The number of fused-ring (bicyclic) bond motifs is 1. The fourth-order valence-corrected chi connectivity index (χ4v) is 3.03. The van der Waals surface area contributed by atoms with Crippen molar-refractivity contribution < 1.29 is 19.1 Å². The summed E-state index contributed by atoms with van der Waals surface area (Å²) in [5.41, 5.74) is 3.22. The molecular formula is C20H20N2O4. The van der Waals surface area contributed by atoms with Crippen LogP contribution in [-0.4, -0.2) is 31.7 Å². The van der Waals surface area contributed by atoms with E-state index >= 15 is 0 Å². The zero-order chi connectivity index (χ0) is 18.8. The van der Waals surface area contributed by atoms with Gasteiger partial charge in [-0.1, -0.05) is 17.7 Å². The number of ether oxygens (including phenoxy) is 2. The minimum absolute atomic E-state index is 0.00751. The van der Waals surface area contributed by atoms with Crippen LogP contribution in [0.1, 0.15) is 24.2 Å². The molecule has 0 aromatic heterocycles. The number of carbonyl (C=O) groups is 2. The first-order chi connectivity index (χ1) is 12.5. The van der Waals surface area contributed by atoms with E-state index in [0.717, 1.165) is 16.8 Å². The summed E-state index contributed by atoms with van der Waals surface area (Å²) in [6.45, 7) is 3.74. The highest BCUT2D eigenvalue weighted by molar-refractivity contribution is 6.15. The smallest absolute Gasteiger partial charge is 0.281 e. The van der Waals surface area contributed by atoms with Crippen molar-refractivity contribution in [1.29, 1.82) is 0 Å². The standard InChI is InChI=1S/C20H20N2O4/c1-11-12(2)19(23)22-16-10-13(8-9-14(11)16)21-20(24)15-6-5-7-17(25-3)18(15)26-4/h5-10,14H,1-4H3,(H,22,23). The van der Waals surface area contributed by atoms with Crippen molar-refractivity contribution in [3.05, 3.63) is 58.8 Å². The van der Waals surface area contributed by atoms with Gasteiger partial charge in [0, 0.05) is 17.2 Å². The van der Waals surface area contributed by atoms with Gasteiger partial charge in [0.2, 0.25) is 0 Å². The van der Waals surface area contributed by atoms with Crippen molar-refractivity contribution in [1.82, 2.24) is 5.32 Å². The number of hydrogen-bond acceptors (Lipinski definition) is 4. The van der Waals surface area contributed by atoms with Crippen molar-refractivity contribution in [3.8, 4) is 11.5 Å². The third-order valence-electron chi connectivity index (χ3n) is 4.62. The quantitative estimate of drug-likeness (QED) is 0.907. The zero-order valence-corrected chi connectivity index (χ0v) is 15.1. The zero-order valence-electron chi connectivity index (χ0n) is 15.1. The van der Waals surface area contributed by atoms with Crippen LogP contribution in [0.4, 0.5) is 0 Å². The average Bonchev–Trinajstić information content (AvgIpc) is 2.65. The second kappa shape index (κ2) is 7.00. The third-order valence-corrected chi connectivity index (χ3v) is 4.62. The van der Waals surface area contributed by atoms with E-state index in [4.69, 9.17) is 9.47 Å². The van der Waals surface area contributed by atoms with Crippen LogP contribution in [0.25, 0.3) is 0 Å². The Balaban J connectivity index is 1.94. The molecule has 0 saturated carbocycles. The van der Waals surface area contributed by atoms with Crippen LogP contribution in [-0.2, 0) is 4.79 Å². The van der Waals surface area contributed by atoms with Crippen LogP contribution in [0.2, 0.25) is 0 Å². The second-order valence-corrected chi connectivity index (χ2v) is 6.08. The van der Waals surface area contributed by atoms with Gasteiger partial charge in [0.1, 0.15) is 0 Å².